The van der Waals surface area contributed by atoms with Crippen molar-refractivity contribution in [1.29, 1.82) is 0 Å². The Kier molecular flexibility index (Phi) is 5.73. The number of rotatable bonds is 8. The van der Waals surface area contributed by atoms with Crippen LogP contribution < -0.4 is 5.32 Å². The smallest absolute Gasteiger partial charge is 0.0897 e. The quantitative estimate of drug-likeness (QED) is 0.624. The number of nitrogens with one attached hydrogen (secondary N) is 1. The number of aliphatic hydroxyl groups excluding tert-OH is 1. The first-order valence-electron chi connectivity index (χ1n) is 6.44. The fourth-order valence-corrected chi connectivity index (χ4v) is 1.45. The van der Waals surface area contributed by atoms with Crippen LogP contribution in [0.25, 0.3) is 0 Å². The summed E-state index contributed by atoms with van der Waals surface area (Å²) in [7, 11) is 0. The lowest BCUT2D eigenvalue weighted by molar-refractivity contribution is 0.0324. The van der Waals surface area contributed by atoms with Crippen molar-refractivity contribution in [2.45, 2.75) is 46.1 Å². The van der Waals surface area contributed by atoms with E-state index in [4.69, 9.17) is 4.74 Å². The minimum absolute atomic E-state index is 0.362. The first kappa shape index (κ1) is 13.9. The van der Waals surface area contributed by atoms with Gasteiger partial charge in [-0.3, -0.25) is 0 Å². The van der Waals surface area contributed by atoms with Crippen molar-refractivity contribution in [3.8, 4) is 0 Å². The van der Waals surface area contributed by atoms with Gasteiger partial charge in [-0.1, -0.05) is 20.8 Å². The van der Waals surface area contributed by atoms with Crippen molar-refractivity contribution in [2.24, 2.45) is 11.3 Å². The second-order valence-corrected chi connectivity index (χ2v) is 6.15. The van der Waals surface area contributed by atoms with Gasteiger partial charge in [0.15, 0.2) is 0 Å². The molecule has 0 aromatic rings. The van der Waals surface area contributed by atoms with Crippen LogP contribution in [0.4, 0.5) is 0 Å². The van der Waals surface area contributed by atoms with Crippen LogP contribution in [0.15, 0.2) is 0 Å². The molecule has 0 aromatic heterocycles. The van der Waals surface area contributed by atoms with E-state index in [-0.39, 0.29) is 6.10 Å². The van der Waals surface area contributed by atoms with E-state index >= 15 is 0 Å². The van der Waals surface area contributed by atoms with Crippen LogP contribution in [0.2, 0.25) is 0 Å². The first-order chi connectivity index (χ1) is 7.47. The molecule has 0 saturated heterocycles. The van der Waals surface area contributed by atoms with Gasteiger partial charge in [0, 0.05) is 13.2 Å². The lowest BCUT2D eigenvalue weighted by Crippen LogP contribution is -2.32. The number of ether oxygens (including phenoxy) is 1. The second-order valence-electron chi connectivity index (χ2n) is 6.15. The van der Waals surface area contributed by atoms with E-state index < -0.39 is 0 Å². The lowest BCUT2D eigenvalue weighted by Gasteiger charge is -2.19. The summed E-state index contributed by atoms with van der Waals surface area (Å²) in [4.78, 5) is 0. The molecule has 3 nitrogen and oxygen atoms in total. The molecular weight excluding hydrogens is 202 g/mol. The maximum atomic E-state index is 9.62. The Morgan fingerprint density at radius 2 is 2.06 bits per heavy atom. The summed E-state index contributed by atoms with van der Waals surface area (Å²) < 4.78 is 5.43. The molecule has 0 bridgehead atoms. The lowest BCUT2D eigenvalue weighted by atomic mass is 9.92. The average Bonchev–Trinajstić information content (AvgIpc) is 2.95. The number of aliphatic hydroxyl groups is 1. The van der Waals surface area contributed by atoms with Gasteiger partial charge in [-0.15, -0.1) is 0 Å². The standard InChI is InChI=1S/C13H27NO2/c1-13(2,3)6-7-14-8-12(15)10-16-9-11-4-5-11/h11-12,14-15H,4-10H2,1-3H3. The average molecular weight is 229 g/mol. The Labute approximate surface area is 99.6 Å². The zero-order valence-electron chi connectivity index (χ0n) is 11.0. The third kappa shape index (κ3) is 8.08. The van der Waals surface area contributed by atoms with Crippen molar-refractivity contribution in [1.82, 2.24) is 5.32 Å². The molecule has 0 spiro atoms. The molecule has 0 aliphatic heterocycles. The Hall–Kier alpha value is -0.120. The van der Waals surface area contributed by atoms with Crippen LogP contribution in [-0.4, -0.2) is 37.5 Å². The van der Waals surface area contributed by atoms with Crippen LogP contribution in [0.3, 0.4) is 0 Å². The molecule has 0 amide bonds. The largest absolute Gasteiger partial charge is 0.389 e. The third-order valence-electron chi connectivity index (χ3n) is 2.79. The van der Waals surface area contributed by atoms with E-state index in [1.165, 1.54) is 12.8 Å². The van der Waals surface area contributed by atoms with Crippen molar-refractivity contribution in [3.05, 3.63) is 0 Å². The normalized spacial score (nSPS) is 18.8. The topological polar surface area (TPSA) is 41.5 Å². The fraction of sp³-hybridized carbons (Fsp3) is 1.00. The van der Waals surface area contributed by atoms with Crippen LogP contribution in [0.1, 0.15) is 40.0 Å². The highest BCUT2D eigenvalue weighted by molar-refractivity contribution is 4.72. The molecule has 0 heterocycles. The van der Waals surface area contributed by atoms with Gasteiger partial charge in [0.1, 0.15) is 0 Å². The van der Waals surface area contributed by atoms with E-state index in [1.54, 1.807) is 0 Å². The Morgan fingerprint density at radius 3 is 2.62 bits per heavy atom. The zero-order chi connectivity index (χ0) is 12.0. The van der Waals surface area contributed by atoms with Gasteiger partial charge in [0.2, 0.25) is 0 Å². The molecule has 1 fully saturated rings. The monoisotopic (exact) mass is 229 g/mol. The van der Waals surface area contributed by atoms with Gasteiger partial charge in [-0.25, -0.2) is 0 Å². The summed E-state index contributed by atoms with van der Waals surface area (Å²) in [6, 6.07) is 0. The summed E-state index contributed by atoms with van der Waals surface area (Å²) in [5.41, 5.74) is 0.362. The minimum Gasteiger partial charge on any atom is -0.389 e. The summed E-state index contributed by atoms with van der Waals surface area (Å²) in [5, 5.41) is 12.9. The van der Waals surface area contributed by atoms with Crippen LogP contribution >= 0.6 is 0 Å². The van der Waals surface area contributed by atoms with E-state index in [9.17, 15) is 5.11 Å². The molecule has 1 aliphatic rings. The van der Waals surface area contributed by atoms with Crippen molar-refractivity contribution < 1.29 is 9.84 Å². The predicted molar refractivity (Wildman–Crippen MR) is 66.5 cm³/mol. The number of hydrogen-bond acceptors (Lipinski definition) is 3. The molecule has 3 heteroatoms. The van der Waals surface area contributed by atoms with Gasteiger partial charge in [-0.05, 0) is 37.1 Å². The van der Waals surface area contributed by atoms with E-state index in [1.807, 2.05) is 0 Å². The highest BCUT2D eigenvalue weighted by Gasteiger charge is 2.21. The van der Waals surface area contributed by atoms with Gasteiger partial charge < -0.3 is 15.2 Å². The van der Waals surface area contributed by atoms with Crippen LogP contribution in [-0.2, 0) is 4.74 Å². The van der Waals surface area contributed by atoms with Crippen molar-refractivity contribution >= 4 is 0 Å². The first-order valence-corrected chi connectivity index (χ1v) is 6.44. The van der Waals surface area contributed by atoms with Gasteiger partial charge in [0.05, 0.1) is 12.7 Å². The third-order valence-corrected chi connectivity index (χ3v) is 2.79. The summed E-state index contributed by atoms with van der Waals surface area (Å²) in [5.74, 6) is 0.779. The molecule has 1 atom stereocenters. The predicted octanol–water partition coefficient (Wildman–Crippen LogP) is 1.80. The highest BCUT2D eigenvalue weighted by atomic mass is 16.5. The molecule has 1 rings (SSSR count). The van der Waals surface area contributed by atoms with Crippen LogP contribution in [0.5, 0.6) is 0 Å². The highest BCUT2D eigenvalue weighted by Crippen LogP contribution is 2.28. The van der Waals surface area contributed by atoms with Crippen LogP contribution in [0, 0.1) is 11.3 Å². The van der Waals surface area contributed by atoms with Crippen molar-refractivity contribution in [2.75, 3.05) is 26.3 Å². The van der Waals surface area contributed by atoms with Gasteiger partial charge in [-0.2, -0.15) is 0 Å². The molecular formula is C13H27NO2. The van der Waals surface area contributed by atoms with E-state index in [2.05, 4.69) is 26.1 Å². The molecule has 16 heavy (non-hydrogen) atoms. The molecule has 1 aliphatic carbocycles. The van der Waals surface area contributed by atoms with Gasteiger partial charge >= 0.3 is 0 Å². The fourth-order valence-electron chi connectivity index (χ4n) is 1.45. The Morgan fingerprint density at radius 1 is 1.38 bits per heavy atom. The molecule has 0 radical (unpaired) electrons. The summed E-state index contributed by atoms with van der Waals surface area (Å²) >= 11 is 0. The summed E-state index contributed by atoms with van der Waals surface area (Å²) in [6.45, 7) is 9.58. The second kappa shape index (κ2) is 6.58. The Balaban J connectivity index is 1.86. The van der Waals surface area contributed by atoms with Gasteiger partial charge in [0.25, 0.3) is 0 Å². The van der Waals surface area contributed by atoms with E-state index in [0.717, 1.165) is 25.5 Å². The Bertz CT molecular complexity index is 185. The maximum Gasteiger partial charge on any atom is 0.0897 e. The molecule has 1 unspecified atom stereocenters. The SMILES string of the molecule is CC(C)(C)CCNCC(O)COCC1CC1. The van der Waals surface area contributed by atoms with E-state index in [0.29, 0.717) is 18.6 Å². The summed E-state index contributed by atoms with van der Waals surface area (Å²) in [6.07, 6.45) is 3.38. The molecule has 1 saturated carbocycles. The minimum atomic E-state index is -0.362. The number of hydrogen-bond donors (Lipinski definition) is 2. The molecule has 96 valence electrons. The zero-order valence-corrected chi connectivity index (χ0v) is 11.0. The molecule has 0 aromatic carbocycles. The molecule has 2 N–H and O–H groups in total. The maximum absolute atomic E-state index is 9.62. The van der Waals surface area contributed by atoms with Crippen molar-refractivity contribution in [3.63, 3.8) is 0 Å².